The van der Waals surface area contributed by atoms with E-state index in [1.54, 1.807) is 7.05 Å². The normalized spacial score (nSPS) is 12.5. The number of hydrogen-bond acceptors (Lipinski definition) is 2. The fourth-order valence-corrected chi connectivity index (χ4v) is 1.73. The fourth-order valence-electron chi connectivity index (χ4n) is 1.53. The summed E-state index contributed by atoms with van der Waals surface area (Å²) in [6.07, 6.45) is -0.455. The molecule has 0 aromatic carbocycles. The molecule has 1 aromatic heterocycles. The Hall–Kier alpha value is -0.680. The Morgan fingerprint density at radius 1 is 1.50 bits per heavy atom. The fraction of sp³-hybridized carbons (Fsp3) is 0.700. The molecule has 1 aromatic rings. The molecule has 0 saturated carbocycles. The van der Waals surface area contributed by atoms with E-state index in [1.165, 1.54) is 4.68 Å². The molecule has 0 atom stereocenters. The summed E-state index contributed by atoms with van der Waals surface area (Å²) in [4.78, 5) is 0. The van der Waals surface area contributed by atoms with E-state index in [0.29, 0.717) is 11.3 Å². The highest BCUT2D eigenvalue weighted by molar-refractivity contribution is 6.30. The molecule has 6 heteroatoms. The highest BCUT2D eigenvalue weighted by atomic mass is 35.5. The Morgan fingerprint density at radius 2 is 2.06 bits per heavy atom. The molecule has 92 valence electrons. The van der Waals surface area contributed by atoms with Gasteiger partial charge in [0, 0.05) is 19.0 Å². The number of aromatic nitrogens is 2. The molecule has 1 rings (SSSR count). The lowest BCUT2D eigenvalue weighted by atomic mass is 10.0. The highest BCUT2D eigenvalue weighted by Crippen LogP contribution is 2.30. The average Bonchev–Trinajstić information content (AvgIpc) is 2.46. The zero-order chi connectivity index (χ0) is 12.5. The summed E-state index contributed by atoms with van der Waals surface area (Å²) in [5.41, 5.74) is 6.03. The van der Waals surface area contributed by atoms with E-state index in [0.717, 1.165) is 0 Å². The monoisotopic (exact) mass is 251 g/mol. The van der Waals surface area contributed by atoms with Crippen LogP contribution in [0.5, 0.6) is 0 Å². The lowest BCUT2D eigenvalue weighted by molar-refractivity contribution is 0.0112. The van der Waals surface area contributed by atoms with Gasteiger partial charge in [-0.05, 0) is 5.92 Å². The van der Waals surface area contributed by atoms with Crippen LogP contribution in [-0.2, 0) is 13.5 Å². The molecule has 0 bridgehead atoms. The topological polar surface area (TPSA) is 43.8 Å². The number of nitrogens with two attached hydrogens (primary N) is 1. The van der Waals surface area contributed by atoms with Crippen LogP contribution >= 0.6 is 11.6 Å². The maximum atomic E-state index is 13.3. The van der Waals surface area contributed by atoms with Gasteiger partial charge in [0.2, 0.25) is 0 Å². The molecule has 0 amide bonds. The molecule has 3 nitrogen and oxygen atoms in total. The van der Waals surface area contributed by atoms with Gasteiger partial charge in [-0.15, -0.1) is 0 Å². The zero-order valence-corrected chi connectivity index (χ0v) is 10.4. The van der Waals surface area contributed by atoms with Crippen LogP contribution in [0.1, 0.15) is 31.0 Å². The molecule has 0 aliphatic heterocycles. The first-order valence-corrected chi connectivity index (χ1v) is 5.45. The number of rotatable bonds is 4. The second-order valence-electron chi connectivity index (χ2n) is 4.17. The summed E-state index contributed by atoms with van der Waals surface area (Å²) in [7, 11) is 1.64. The van der Waals surface area contributed by atoms with Crippen LogP contribution in [0.3, 0.4) is 0 Å². The minimum Gasteiger partial charge on any atom is -0.325 e. The van der Waals surface area contributed by atoms with E-state index < -0.39 is 18.9 Å². The van der Waals surface area contributed by atoms with Crippen LogP contribution in [0.15, 0.2) is 0 Å². The van der Waals surface area contributed by atoms with Crippen LogP contribution in [-0.4, -0.2) is 22.2 Å². The molecule has 0 unspecified atom stereocenters. The highest BCUT2D eigenvalue weighted by Gasteiger charge is 2.31. The van der Waals surface area contributed by atoms with Gasteiger partial charge in [-0.2, -0.15) is 5.10 Å². The van der Waals surface area contributed by atoms with Crippen molar-refractivity contribution in [3.63, 3.8) is 0 Å². The number of halogens is 3. The predicted octanol–water partition coefficient (Wildman–Crippen LogP) is 2.33. The lowest BCUT2D eigenvalue weighted by Gasteiger charge is -2.14. The van der Waals surface area contributed by atoms with Gasteiger partial charge < -0.3 is 5.73 Å². The third-order valence-electron chi connectivity index (χ3n) is 2.38. The molecular formula is C10H16ClF2N3. The summed E-state index contributed by atoms with van der Waals surface area (Å²) in [5.74, 6) is -2.88. The van der Waals surface area contributed by atoms with Gasteiger partial charge in [0.15, 0.2) is 0 Å². The van der Waals surface area contributed by atoms with E-state index >= 15 is 0 Å². The van der Waals surface area contributed by atoms with Crippen molar-refractivity contribution >= 4 is 11.6 Å². The number of nitrogens with zero attached hydrogens (tertiary/aromatic N) is 2. The van der Waals surface area contributed by atoms with Gasteiger partial charge in [-0.25, -0.2) is 8.78 Å². The van der Waals surface area contributed by atoms with Crippen LogP contribution in [0.2, 0.25) is 5.15 Å². The quantitative estimate of drug-likeness (QED) is 0.893. The Bertz CT molecular complexity index is 374. The number of aryl methyl sites for hydroxylation is 1. The molecule has 0 spiro atoms. The second-order valence-corrected chi connectivity index (χ2v) is 4.53. The summed E-state index contributed by atoms with van der Waals surface area (Å²) in [6.45, 7) is 3.10. The molecule has 0 saturated heterocycles. The molecule has 16 heavy (non-hydrogen) atoms. The Morgan fingerprint density at radius 3 is 2.50 bits per heavy atom. The maximum absolute atomic E-state index is 13.3. The second kappa shape index (κ2) is 4.67. The van der Waals surface area contributed by atoms with E-state index in [9.17, 15) is 8.78 Å². The van der Waals surface area contributed by atoms with Crippen molar-refractivity contribution in [3.05, 3.63) is 16.4 Å². The Balaban J connectivity index is 3.11. The first-order valence-electron chi connectivity index (χ1n) is 5.07. The van der Waals surface area contributed by atoms with Gasteiger partial charge in [0.25, 0.3) is 5.92 Å². The van der Waals surface area contributed by atoms with Crippen LogP contribution in [0, 0.1) is 0 Å². The molecular weight excluding hydrogens is 236 g/mol. The molecule has 0 fully saturated rings. The Kier molecular flexibility index (Phi) is 3.91. The summed E-state index contributed by atoms with van der Waals surface area (Å²) < 4.78 is 27.9. The van der Waals surface area contributed by atoms with E-state index in [-0.39, 0.29) is 11.1 Å². The Labute approximate surface area is 98.6 Å². The third-order valence-corrected chi connectivity index (χ3v) is 2.85. The van der Waals surface area contributed by atoms with Crippen molar-refractivity contribution in [3.8, 4) is 0 Å². The first-order chi connectivity index (χ1) is 7.28. The SMILES string of the molecule is CC(C)c1nn(C)c(Cl)c1CC(F)(F)CN. The van der Waals surface area contributed by atoms with Gasteiger partial charge in [-0.3, -0.25) is 4.68 Å². The van der Waals surface area contributed by atoms with Crippen molar-refractivity contribution in [2.24, 2.45) is 12.8 Å². The van der Waals surface area contributed by atoms with Gasteiger partial charge >= 0.3 is 0 Å². The zero-order valence-electron chi connectivity index (χ0n) is 9.60. The summed E-state index contributed by atoms with van der Waals surface area (Å²) >= 11 is 5.95. The van der Waals surface area contributed by atoms with E-state index in [2.05, 4.69) is 5.10 Å². The minimum absolute atomic E-state index is 0.0577. The van der Waals surface area contributed by atoms with Crippen LogP contribution in [0.4, 0.5) is 8.78 Å². The largest absolute Gasteiger partial charge is 0.325 e. The molecule has 0 aliphatic rings. The smallest absolute Gasteiger partial charge is 0.264 e. The number of alkyl halides is 2. The number of hydrogen-bond donors (Lipinski definition) is 1. The first kappa shape index (κ1) is 13.4. The van der Waals surface area contributed by atoms with E-state index in [4.69, 9.17) is 17.3 Å². The summed E-state index contributed by atoms with van der Waals surface area (Å²) in [6, 6.07) is 0. The minimum atomic E-state index is -2.93. The van der Waals surface area contributed by atoms with Crippen LogP contribution in [0.25, 0.3) is 0 Å². The van der Waals surface area contributed by atoms with Gasteiger partial charge in [-0.1, -0.05) is 25.4 Å². The van der Waals surface area contributed by atoms with E-state index in [1.807, 2.05) is 13.8 Å². The standard InChI is InChI=1S/C10H16ClF2N3/c1-6(2)8-7(4-10(12,13)5-14)9(11)16(3)15-8/h6H,4-5,14H2,1-3H3. The van der Waals surface area contributed by atoms with Gasteiger partial charge in [0.05, 0.1) is 12.2 Å². The lowest BCUT2D eigenvalue weighted by Crippen LogP contribution is -2.30. The molecule has 1 heterocycles. The predicted molar refractivity (Wildman–Crippen MR) is 60.0 cm³/mol. The van der Waals surface area contributed by atoms with Crippen molar-refractivity contribution in [2.45, 2.75) is 32.1 Å². The van der Waals surface area contributed by atoms with Gasteiger partial charge in [0.1, 0.15) is 5.15 Å². The maximum Gasteiger partial charge on any atom is 0.264 e. The third kappa shape index (κ3) is 2.71. The van der Waals surface area contributed by atoms with Crippen molar-refractivity contribution < 1.29 is 8.78 Å². The van der Waals surface area contributed by atoms with Crippen molar-refractivity contribution in [1.29, 1.82) is 0 Å². The van der Waals surface area contributed by atoms with Crippen molar-refractivity contribution in [1.82, 2.24) is 9.78 Å². The molecule has 0 aliphatic carbocycles. The van der Waals surface area contributed by atoms with Crippen LogP contribution < -0.4 is 5.73 Å². The summed E-state index contributed by atoms with van der Waals surface area (Å²) in [5, 5.41) is 4.40. The van der Waals surface area contributed by atoms with Crippen molar-refractivity contribution in [2.75, 3.05) is 6.54 Å². The molecule has 2 N–H and O–H groups in total. The average molecular weight is 252 g/mol. The molecule has 0 radical (unpaired) electrons.